The quantitative estimate of drug-likeness (QED) is 0.540. The van der Waals surface area contributed by atoms with Crippen molar-refractivity contribution in [3.63, 3.8) is 0 Å². The topological polar surface area (TPSA) is 39.1 Å². The second kappa shape index (κ2) is 2.96. The Hall–Kier alpha value is -1.38. The Kier molecular flexibility index (Phi) is 1.99. The van der Waals surface area contributed by atoms with Crippen molar-refractivity contribution < 1.29 is 4.79 Å². The molecule has 0 bridgehead atoms. The van der Waals surface area contributed by atoms with E-state index >= 15 is 0 Å². The van der Waals surface area contributed by atoms with Crippen LogP contribution in [0.25, 0.3) is 0 Å². The average molecular weight is 137 g/mol. The third kappa shape index (κ3) is 1.31. The van der Waals surface area contributed by atoms with Gasteiger partial charge in [-0.3, -0.25) is 4.79 Å². The zero-order valence-electron chi connectivity index (χ0n) is 5.36. The summed E-state index contributed by atoms with van der Waals surface area (Å²) >= 11 is 0. The number of pyridine rings is 1. The van der Waals surface area contributed by atoms with Gasteiger partial charge in [0.1, 0.15) is 6.29 Å². The lowest BCUT2D eigenvalue weighted by Gasteiger charge is -1.95. The fourth-order valence-corrected chi connectivity index (χ4v) is 0.692. The number of nitrogens with zero attached hydrogens (tertiary/aromatic N) is 1. The highest BCUT2D eigenvalue weighted by atomic mass is 16.1. The van der Waals surface area contributed by atoms with Crippen molar-refractivity contribution in [1.29, 1.82) is 0 Å². The van der Waals surface area contributed by atoms with Crippen LogP contribution >= 0.6 is 0 Å². The first-order chi connectivity index (χ1) is 4.84. The van der Waals surface area contributed by atoms with Crippen LogP contribution in [0.5, 0.6) is 0 Å². The molecule has 0 aliphatic rings. The van der Waals surface area contributed by atoms with Gasteiger partial charge in [0.25, 0.3) is 5.56 Å². The molecule has 0 unspecified atom stereocenters. The van der Waals surface area contributed by atoms with Crippen LogP contribution in [-0.2, 0) is 11.3 Å². The van der Waals surface area contributed by atoms with Gasteiger partial charge in [0.15, 0.2) is 0 Å². The van der Waals surface area contributed by atoms with Gasteiger partial charge in [-0.2, -0.15) is 0 Å². The lowest BCUT2D eigenvalue weighted by Crippen LogP contribution is -2.17. The van der Waals surface area contributed by atoms with Gasteiger partial charge in [-0.25, -0.2) is 0 Å². The summed E-state index contributed by atoms with van der Waals surface area (Å²) < 4.78 is 1.34. The predicted molar refractivity (Wildman–Crippen MR) is 36.8 cm³/mol. The summed E-state index contributed by atoms with van der Waals surface area (Å²) in [6.45, 7) is 0.139. The Balaban J connectivity index is 3.03. The van der Waals surface area contributed by atoms with Crippen molar-refractivity contribution in [2.75, 3.05) is 0 Å². The van der Waals surface area contributed by atoms with Crippen LogP contribution in [0.4, 0.5) is 0 Å². The van der Waals surface area contributed by atoms with Gasteiger partial charge < -0.3 is 9.36 Å². The largest absolute Gasteiger partial charge is 0.308 e. The van der Waals surface area contributed by atoms with Gasteiger partial charge >= 0.3 is 0 Å². The SMILES string of the molecule is O=CCn1ccccc1=O. The summed E-state index contributed by atoms with van der Waals surface area (Å²) in [6, 6.07) is 4.78. The van der Waals surface area contributed by atoms with E-state index in [0.717, 1.165) is 0 Å². The van der Waals surface area contributed by atoms with E-state index < -0.39 is 0 Å². The molecular formula is C7H7NO2. The maximum Gasteiger partial charge on any atom is 0.250 e. The van der Waals surface area contributed by atoms with Crippen LogP contribution in [0.3, 0.4) is 0 Å². The molecule has 0 radical (unpaired) electrons. The zero-order chi connectivity index (χ0) is 7.40. The summed E-state index contributed by atoms with van der Waals surface area (Å²) in [4.78, 5) is 20.8. The molecule has 3 heteroatoms. The molecule has 0 spiro atoms. The molecule has 0 fully saturated rings. The maximum absolute atomic E-state index is 10.8. The van der Waals surface area contributed by atoms with Crippen LogP contribution < -0.4 is 5.56 Å². The first-order valence-corrected chi connectivity index (χ1v) is 2.93. The normalized spacial score (nSPS) is 9.20. The minimum Gasteiger partial charge on any atom is -0.308 e. The van der Waals surface area contributed by atoms with E-state index in [0.29, 0.717) is 6.29 Å². The second-order valence-electron chi connectivity index (χ2n) is 1.86. The van der Waals surface area contributed by atoms with Crippen LogP contribution in [0, 0.1) is 0 Å². The molecule has 1 heterocycles. The first kappa shape index (κ1) is 6.74. The van der Waals surface area contributed by atoms with Crippen LogP contribution in [0.15, 0.2) is 29.2 Å². The number of carbonyl (C=O) groups is 1. The highest BCUT2D eigenvalue weighted by molar-refractivity contribution is 5.48. The Bertz CT molecular complexity index is 277. The molecule has 0 N–H and O–H groups in total. The van der Waals surface area contributed by atoms with E-state index in [4.69, 9.17) is 0 Å². The molecular weight excluding hydrogens is 130 g/mol. The van der Waals surface area contributed by atoms with Crippen LogP contribution in [0.2, 0.25) is 0 Å². The van der Waals surface area contributed by atoms with Gasteiger partial charge in [-0.05, 0) is 6.07 Å². The van der Waals surface area contributed by atoms with Crippen molar-refractivity contribution in [3.05, 3.63) is 34.7 Å². The fourth-order valence-electron chi connectivity index (χ4n) is 0.692. The van der Waals surface area contributed by atoms with E-state index in [1.54, 1.807) is 18.3 Å². The van der Waals surface area contributed by atoms with Crippen molar-refractivity contribution in [2.24, 2.45) is 0 Å². The van der Waals surface area contributed by atoms with Crippen LogP contribution in [-0.4, -0.2) is 10.9 Å². The fraction of sp³-hybridized carbons (Fsp3) is 0.143. The number of aldehydes is 1. The van der Waals surface area contributed by atoms with Gasteiger partial charge in [-0.1, -0.05) is 6.07 Å². The second-order valence-corrected chi connectivity index (χ2v) is 1.86. The highest BCUT2D eigenvalue weighted by Crippen LogP contribution is 1.78. The summed E-state index contributed by atoms with van der Waals surface area (Å²) in [5.41, 5.74) is -0.144. The molecule has 0 saturated carbocycles. The van der Waals surface area contributed by atoms with Crippen molar-refractivity contribution in [3.8, 4) is 0 Å². The van der Waals surface area contributed by atoms with Gasteiger partial charge in [0, 0.05) is 12.3 Å². The number of hydrogen-bond acceptors (Lipinski definition) is 2. The molecule has 10 heavy (non-hydrogen) atoms. The highest BCUT2D eigenvalue weighted by Gasteiger charge is 1.88. The number of rotatable bonds is 2. The zero-order valence-corrected chi connectivity index (χ0v) is 5.36. The lowest BCUT2D eigenvalue weighted by molar-refractivity contribution is -0.108. The van der Waals surface area contributed by atoms with Gasteiger partial charge in [-0.15, -0.1) is 0 Å². The lowest BCUT2D eigenvalue weighted by atomic mass is 10.5. The van der Waals surface area contributed by atoms with Crippen LogP contribution in [0.1, 0.15) is 0 Å². The standard InChI is InChI=1S/C7H7NO2/c9-6-5-8-4-2-1-3-7(8)10/h1-4,6H,5H2. The summed E-state index contributed by atoms with van der Waals surface area (Å²) in [5, 5.41) is 0. The van der Waals surface area contributed by atoms with Gasteiger partial charge in [0.05, 0.1) is 6.54 Å². The van der Waals surface area contributed by atoms with E-state index in [-0.39, 0.29) is 12.1 Å². The van der Waals surface area contributed by atoms with Gasteiger partial charge in [0.2, 0.25) is 0 Å². The molecule has 0 aliphatic heterocycles. The number of carbonyl (C=O) groups excluding carboxylic acids is 1. The molecule has 0 saturated heterocycles. The molecule has 0 aliphatic carbocycles. The maximum atomic E-state index is 10.8. The van der Waals surface area contributed by atoms with Crippen molar-refractivity contribution in [2.45, 2.75) is 6.54 Å². The number of aromatic nitrogens is 1. The molecule has 3 nitrogen and oxygen atoms in total. The molecule has 0 atom stereocenters. The van der Waals surface area contributed by atoms with E-state index in [9.17, 15) is 9.59 Å². The van der Waals surface area contributed by atoms with Crippen molar-refractivity contribution in [1.82, 2.24) is 4.57 Å². The summed E-state index contributed by atoms with van der Waals surface area (Å²) in [7, 11) is 0. The van der Waals surface area contributed by atoms with E-state index in [1.165, 1.54) is 10.6 Å². The molecule has 1 aromatic rings. The average Bonchev–Trinajstić information content (AvgIpc) is 1.94. The molecule has 52 valence electrons. The first-order valence-electron chi connectivity index (χ1n) is 2.93. The predicted octanol–water partition coefficient (Wildman–Crippen LogP) is 0.0472. The minimum atomic E-state index is -0.144. The smallest absolute Gasteiger partial charge is 0.250 e. The van der Waals surface area contributed by atoms with Crippen molar-refractivity contribution >= 4 is 6.29 Å². The molecule has 0 amide bonds. The summed E-state index contributed by atoms with van der Waals surface area (Å²) in [5.74, 6) is 0. The Morgan fingerprint density at radius 2 is 2.30 bits per heavy atom. The molecule has 0 aromatic carbocycles. The number of hydrogen-bond donors (Lipinski definition) is 0. The monoisotopic (exact) mass is 137 g/mol. The Labute approximate surface area is 57.9 Å². The Morgan fingerprint density at radius 1 is 1.50 bits per heavy atom. The minimum absolute atomic E-state index is 0.139. The third-order valence-electron chi connectivity index (χ3n) is 1.17. The third-order valence-corrected chi connectivity index (χ3v) is 1.17. The Morgan fingerprint density at radius 3 is 2.90 bits per heavy atom. The summed E-state index contributed by atoms with van der Waals surface area (Å²) in [6.07, 6.45) is 2.28. The molecule has 1 rings (SSSR count). The van der Waals surface area contributed by atoms with E-state index in [2.05, 4.69) is 0 Å². The molecule has 1 aromatic heterocycles. The van der Waals surface area contributed by atoms with E-state index in [1.807, 2.05) is 0 Å².